The minimum Gasteiger partial charge on any atom is -0.199 e. The minimum atomic E-state index is 0.769. The zero-order valence-corrected chi connectivity index (χ0v) is 5.38. The van der Waals surface area contributed by atoms with E-state index in [0.29, 0.717) is 0 Å². The van der Waals surface area contributed by atoms with Gasteiger partial charge in [-0.05, 0) is 18.5 Å². The van der Waals surface area contributed by atoms with Crippen molar-refractivity contribution in [1.29, 1.82) is 0 Å². The number of halogens is 1. The highest BCUT2D eigenvalue weighted by molar-refractivity contribution is 7.06. The fourth-order valence-electron chi connectivity index (χ4n) is 0.286. The van der Waals surface area contributed by atoms with E-state index in [2.05, 4.69) is 4.37 Å². The van der Waals surface area contributed by atoms with Crippen LogP contribution in [0, 0.1) is 6.92 Å². The highest BCUT2D eigenvalue weighted by atomic mass is 35.5. The van der Waals surface area contributed by atoms with Crippen LogP contribution in [0.25, 0.3) is 0 Å². The Balaban J connectivity index is 3.12. The molecule has 1 aromatic rings. The van der Waals surface area contributed by atoms with Crippen LogP contribution < -0.4 is 0 Å². The molecule has 3 heteroatoms. The van der Waals surface area contributed by atoms with Crippen molar-refractivity contribution < 1.29 is 0 Å². The summed E-state index contributed by atoms with van der Waals surface area (Å²) in [6, 6.07) is 0. The maximum absolute atomic E-state index is 5.57. The fourth-order valence-corrected chi connectivity index (χ4v) is 0.952. The molecule has 0 aliphatic carbocycles. The van der Waals surface area contributed by atoms with Crippen LogP contribution in [0.2, 0.25) is 5.02 Å². The van der Waals surface area contributed by atoms with Gasteiger partial charge in [-0.15, -0.1) is 0 Å². The molecule has 0 aromatic carbocycles. The summed E-state index contributed by atoms with van der Waals surface area (Å²) in [5.41, 5.74) is 0. The van der Waals surface area contributed by atoms with Gasteiger partial charge in [0.05, 0.1) is 11.2 Å². The van der Waals surface area contributed by atoms with E-state index in [0.717, 1.165) is 9.90 Å². The Bertz CT molecular complexity index is 144. The van der Waals surface area contributed by atoms with Gasteiger partial charge in [0.1, 0.15) is 0 Å². The molecular formula is C4H4ClNS. The van der Waals surface area contributed by atoms with Crippen LogP contribution in [-0.2, 0) is 0 Å². The van der Waals surface area contributed by atoms with Gasteiger partial charge in [0.2, 0.25) is 0 Å². The molecular weight excluding hydrogens is 130 g/mol. The molecule has 0 aliphatic heterocycles. The standard InChI is InChI=1S/C4H4ClNS/c1-3-4(5)2-6-7-3/h2H,1H3. The number of nitrogens with zero attached hydrogens (tertiary/aromatic N) is 1. The van der Waals surface area contributed by atoms with Crippen LogP contribution >= 0.6 is 23.1 Å². The molecule has 0 N–H and O–H groups in total. The first-order valence-electron chi connectivity index (χ1n) is 1.87. The lowest BCUT2D eigenvalue weighted by atomic mass is 10.6. The number of hydrogen-bond donors (Lipinski definition) is 0. The van der Waals surface area contributed by atoms with Crippen LogP contribution in [-0.4, -0.2) is 4.37 Å². The van der Waals surface area contributed by atoms with Crippen molar-refractivity contribution in [3.8, 4) is 0 Å². The van der Waals surface area contributed by atoms with E-state index >= 15 is 0 Å². The van der Waals surface area contributed by atoms with E-state index < -0.39 is 0 Å². The Hall–Kier alpha value is -0.0800. The molecule has 0 radical (unpaired) electrons. The second-order valence-electron chi connectivity index (χ2n) is 1.23. The van der Waals surface area contributed by atoms with Crippen LogP contribution in [0.1, 0.15) is 4.88 Å². The van der Waals surface area contributed by atoms with Crippen molar-refractivity contribution in [2.75, 3.05) is 0 Å². The molecule has 7 heavy (non-hydrogen) atoms. The van der Waals surface area contributed by atoms with Gasteiger partial charge in [-0.2, -0.15) is 4.37 Å². The first kappa shape index (κ1) is 5.06. The average Bonchev–Trinajstić information content (AvgIpc) is 1.91. The molecule has 38 valence electrons. The number of hydrogen-bond acceptors (Lipinski definition) is 2. The largest absolute Gasteiger partial charge is 0.199 e. The summed E-state index contributed by atoms with van der Waals surface area (Å²) in [6.45, 7) is 1.94. The molecule has 0 aliphatic rings. The van der Waals surface area contributed by atoms with Crippen molar-refractivity contribution in [3.05, 3.63) is 16.1 Å². The van der Waals surface area contributed by atoms with Gasteiger partial charge < -0.3 is 0 Å². The Morgan fingerprint density at radius 2 is 2.57 bits per heavy atom. The average molecular weight is 134 g/mol. The summed E-state index contributed by atoms with van der Waals surface area (Å²) in [4.78, 5) is 1.08. The second kappa shape index (κ2) is 1.80. The third kappa shape index (κ3) is 0.924. The Morgan fingerprint density at radius 3 is 2.71 bits per heavy atom. The Kier molecular flexibility index (Phi) is 1.30. The van der Waals surface area contributed by atoms with Gasteiger partial charge in [0.25, 0.3) is 0 Å². The first-order chi connectivity index (χ1) is 3.30. The maximum atomic E-state index is 5.57. The zero-order chi connectivity index (χ0) is 5.28. The van der Waals surface area contributed by atoms with E-state index in [4.69, 9.17) is 11.6 Å². The fraction of sp³-hybridized carbons (Fsp3) is 0.250. The van der Waals surface area contributed by atoms with Crippen molar-refractivity contribution in [3.63, 3.8) is 0 Å². The lowest BCUT2D eigenvalue weighted by Crippen LogP contribution is -1.52. The smallest absolute Gasteiger partial charge is 0.0742 e. The maximum Gasteiger partial charge on any atom is 0.0742 e. The monoisotopic (exact) mass is 133 g/mol. The van der Waals surface area contributed by atoms with Gasteiger partial charge >= 0.3 is 0 Å². The first-order valence-corrected chi connectivity index (χ1v) is 3.02. The normalized spacial score (nSPS) is 9.43. The summed E-state index contributed by atoms with van der Waals surface area (Å²) in [5, 5.41) is 0.769. The van der Waals surface area contributed by atoms with Crippen LogP contribution in [0.15, 0.2) is 6.20 Å². The number of aromatic nitrogens is 1. The van der Waals surface area contributed by atoms with E-state index in [1.54, 1.807) is 6.20 Å². The molecule has 0 saturated heterocycles. The van der Waals surface area contributed by atoms with Crippen LogP contribution in [0.5, 0.6) is 0 Å². The molecule has 0 amide bonds. The molecule has 0 bridgehead atoms. The summed E-state index contributed by atoms with van der Waals surface area (Å²) in [5.74, 6) is 0. The lowest BCUT2D eigenvalue weighted by Gasteiger charge is -1.74. The molecule has 1 aromatic heterocycles. The van der Waals surface area contributed by atoms with E-state index in [1.807, 2.05) is 6.92 Å². The SMILES string of the molecule is Cc1sncc1Cl. The summed E-state index contributed by atoms with van der Waals surface area (Å²) < 4.78 is 3.83. The van der Waals surface area contributed by atoms with Crippen molar-refractivity contribution in [1.82, 2.24) is 4.37 Å². The third-order valence-electron chi connectivity index (χ3n) is 0.692. The predicted molar refractivity (Wildman–Crippen MR) is 31.9 cm³/mol. The molecule has 1 rings (SSSR count). The van der Waals surface area contributed by atoms with E-state index in [1.165, 1.54) is 11.5 Å². The molecule has 1 heterocycles. The molecule has 0 spiro atoms. The lowest BCUT2D eigenvalue weighted by molar-refractivity contribution is 1.56. The predicted octanol–water partition coefficient (Wildman–Crippen LogP) is 2.10. The van der Waals surface area contributed by atoms with Gasteiger partial charge in [-0.1, -0.05) is 11.6 Å². The van der Waals surface area contributed by atoms with Gasteiger partial charge in [0, 0.05) is 4.88 Å². The topological polar surface area (TPSA) is 12.9 Å². The Labute approximate surface area is 51.1 Å². The van der Waals surface area contributed by atoms with E-state index in [-0.39, 0.29) is 0 Å². The number of aryl methyl sites for hydroxylation is 1. The Morgan fingerprint density at radius 1 is 1.86 bits per heavy atom. The highest BCUT2D eigenvalue weighted by Crippen LogP contribution is 2.16. The quantitative estimate of drug-likeness (QED) is 0.528. The molecule has 1 nitrogen and oxygen atoms in total. The van der Waals surface area contributed by atoms with Gasteiger partial charge in [-0.3, -0.25) is 0 Å². The van der Waals surface area contributed by atoms with Crippen molar-refractivity contribution in [2.45, 2.75) is 6.92 Å². The summed E-state index contributed by atoms with van der Waals surface area (Å²) in [7, 11) is 0. The van der Waals surface area contributed by atoms with Crippen molar-refractivity contribution in [2.24, 2.45) is 0 Å². The molecule has 0 atom stereocenters. The summed E-state index contributed by atoms with van der Waals surface area (Å²) in [6.07, 6.45) is 1.65. The molecule has 0 unspecified atom stereocenters. The van der Waals surface area contributed by atoms with Crippen LogP contribution in [0.4, 0.5) is 0 Å². The second-order valence-corrected chi connectivity index (χ2v) is 2.64. The third-order valence-corrected chi connectivity index (χ3v) is 1.89. The van der Waals surface area contributed by atoms with Crippen molar-refractivity contribution >= 4 is 23.1 Å². The van der Waals surface area contributed by atoms with Gasteiger partial charge in [-0.25, -0.2) is 0 Å². The highest BCUT2D eigenvalue weighted by Gasteiger charge is 1.91. The molecule has 0 fully saturated rings. The van der Waals surface area contributed by atoms with Crippen LogP contribution in [0.3, 0.4) is 0 Å². The summed E-state index contributed by atoms with van der Waals surface area (Å²) >= 11 is 6.99. The zero-order valence-electron chi connectivity index (χ0n) is 3.81. The number of rotatable bonds is 0. The van der Waals surface area contributed by atoms with E-state index in [9.17, 15) is 0 Å². The minimum absolute atomic E-state index is 0.769. The van der Waals surface area contributed by atoms with Gasteiger partial charge in [0.15, 0.2) is 0 Å². The molecule has 0 saturated carbocycles.